The number of carbonyl (C=O) groups excluding carboxylic acids is 1. The summed E-state index contributed by atoms with van der Waals surface area (Å²) in [5.41, 5.74) is 5.45. The van der Waals surface area contributed by atoms with Crippen molar-refractivity contribution in [2.24, 2.45) is 5.73 Å². The number of rotatable bonds is 6. The van der Waals surface area contributed by atoms with E-state index < -0.39 is 0 Å². The third-order valence-corrected chi connectivity index (χ3v) is 4.39. The van der Waals surface area contributed by atoms with Crippen molar-refractivity contribution in [2.45, 2.75) is 25.8 Å². The Kier molecular flexibility index (Phi) is 5.82. The number of nitrogens with two attached hydrogens (primary N) is 1. The number of unbranched alkanes of at least 4 members (excludes halogenated alkanes) is 1. The molecule has 0 radical (unpaired) electrons. The first-order valence-electron chi connectivity index (χ1n) is 7.02. The second kappa shape index (κ2) is 7.62. The fourth-order valence-electron chi connectivity index (χ4n) is 2.36. The molecule has 0 spiro atoms. The Bertz CT molecular complexity index is 372. The molecule has 2 heterocycles. The van der Waals surface area contributed by atoms with Crippen molar-refractivity contribution in [2.75, 3.05) is 32.7 Å². The summed E-state index contributed by atoms with van der Waals surface area (Å²) in [6.45, 7) is 5.41. The minimum absolute atomic E-state index is 0.296. The maximum Gasteiger partial charge on any atom is 0.222 e. The molecular formula is C14H23N3OS. The van der Waals surface area contributed by atoms with E-state index in [0.717, 1.165) is 45.6 Å². The highest BCUT2D eigenvalue weighted by atomic mass is 32.1. The highest BCUT2D eigenvalue weighted by molar-refractivity contribution is 7.09. The van der Waals surface area contributed by atoms with Gasteiger partial charge < -0.3 is 10.6 Å². The zero-order valence-electron chi connectivity index (χ0n) is 11.4. The van der Waals surface area contributed by atoms with Crippen molar-refractivity contribution in [3.63, 3.8) is 0 Å². The van der Waals surface area contributed by atoms with E-state index in [1.165, 1.54) is 4.88 Å². The van der Waals surface area contributed by atoms with Crippen LogP contribution in [0.2, 0.25) is 0 Å². The van der Waals surface area contributed by atoms with Gasteiger partial charge in [-0.05, 0) is 30.8 Å². The highest BCUT2D eigenvalue weighted by Crippen LogP contribution is 2.14. The number of piperazine rings is 1. The van der Waals surface area contributed by atoms with Crippen molar-refractivity contribution in [1.82, 2.24) is 9.80 Å². The van der Waals surface area contributed by atoms with Crippen molar-refractivity contribution in [1.29, 1.82) is 0 Å². The number of thiophene rings is 1. The molecule has 1 saturated heterocycles. The molecule has 1 aromatic heterocycles. The molecule has 0 atom stereocenters. The Morgan fingerprint density at radius 3 is 2.68 bits per heavy atom. The molecule has 1 fully saturated rings. The summed E-state index contributed by atoms with van der Waals surface area (Å²) < 4.78 is 0. The summed E-state index contributed by atoms with van der Waals surface area (Å²) in [4.78, 5) is 17.8. The van der Waals surface area contributed by atoms with Gasteiger partial charge in [0.2, 0.25) is 5.91 Å². The summed E-state index contributed by atoms with van der Waals surface area (Å²) in [5.74, 6) is 0.296. The van der Waals surface area contributed by atoms with E-state index in [-0.39, 0.29) is 0 Å². The van der Waals surface area contributed by atoms with Crippen LogP contribution in [0.4, 0.5) is 0 Å². The predicted molar refractivity (Wildman–Crippen MR) is 79.1 cm³/mol. The average Bonchev–Trinajstić information content (AvgIpc) is 2.93. The largest absolute Gasteiger partial charge is 0.340 e. The Morgan fingerprint density at radius 2 is 2.05 bits per heavy atom. The number of hydrogen-bond donors (Lipinski definition) is 1. The van der Waals surface area contributed by atoms with Gasteiger partial charge in [0.1, 0.15) is 0 Å². The number of nitrogens with zero attached hydrogens (tertiary/aromatic N) is 2. The van der Waals surface area contributed by atoms with Gasteiger partial charge in [-0.25, -0.2) is 0 Å². The van der Waals surface area contributed by atoms with Crippen LogP contribution < -0.4 is 5.73 Å². The van der Waals surface area contributed by atoms with Gasteiger partial charge in [0, 0.05) is 44.0 Å². The Hall–Kier alpha value is -0.910. The van der Waals surface area contributed by atoms with E-state index in [2.05, 4.69) is 22.4 Å². The van der Waals surface area contributed by atoms with Crippen LogP contribution in [0.5, 0.6) is 0 Å². The van der Waals surface area contributed by atoms with E-state index in [0.29, 0.717) is 18.9 Å². The van der Waals surface area contributed by atoms with E-state index in [9.17, 15) is 4.79 Å². The van der Waals surface area contributed by atoms with Gasteiger partial charge in [-0.2, -0.15) is 0 Å². The van der Waals surface area contributed by atoms with Gasteiger partial charge in [-0.3, -0.25) is 9.69 Å². The fourth-order valence-corrected chi connectivity index (χ4v) is 3.10. The monoisotopic (exact) mass is 281 g/mol. The lowest BCUT2D eigenvalue weighted by Crippen LogP contribution is -2.48. The van der Waals surface area contributed by atoms with Gasteiger partial charge >= 0.3 is 0 Å². The van der Waals surface area contributed by atoms with Crippen LogP contribution in [-0.2, 0) is 11.3 Å². The molecule has 1 amide bonds. The molecular weight excluding hydrogens is 258 g/mol. The molecule has 0 saturated carbocycles. The maximum absolute atomic E-state index is 12.0. The highest BCUT2D eigenvalue weighted by Gasteiger charge is 2.20. The lowest BCUT2D eigenvalue weighted by molar-refractivity contribution is -0.133. The molecule has 1 aliphatic rings. The van der Waals surface area contributed by atoms with Crippen LogP contribution in [0.3, 0.4) is 0 Å². The van der Waals surface area contributed by atoms with Gasteiger partial charge in [-0.15, -0.1) is 11.3 Å². The molecule has 0 aliphatic carbocycles. The van der Waals surface area contributed by atoms with E-state index in [1.54, 1.807) is 11.3 Å². The molecule has 0 unspecified atom stereocenters. The first-order chi connectivity index (χ1) is 9.29. The molecule has 0 aromatic carbocycles. The molecule has 1 aromatic rings. The van der Waals surface area contributed by atoms with E-state index in [4.69, 9.17) is 5.73 Å². The van der Waals surface area contributed by atoms with Gasteiger partial charge in [0.15, 0.2) is 0 Å². The Balaban J connectivity index is 1.68. The smallest absolute Gasteiger partial charge is 0.222 e. The lowest BCUT2D eigenvalue weighted by Gasteiger charge is -2.34. The summed E-state index contributed by atoms with van der Waals surface area (Å²) >= 11 is 1.80. The fraction of sp³-hybridized carbons (Fsp3) is 0.643. The summed E-state index contributed by atoms with van der Waals surface area (Å²) in [7, 11) is 0. The second-order valence-corrected chi connectivity index (χ2v) is 6.01. The van der Waals surface area contributed by atoms with Crippen LogP contribution in [0.15, 0.2) is 17.5 Å². The molecule has 5 heteroatoms. The predicted octanol–water partition coefficient (Wildman–Crippen LogP) is 1.52. The third-order valence-electron chi connectivity index (χ3n) is 3.53. The number of carbonyl (C=O) groups is 1. The average molecular weight is 281 g/mol. The van der Waals surface area contributed by atoms with Crippen LogP contribution in [0.25, 0.3) is 0 Å². The topological polar surface area (TPSA) is 49.6 Å². The van der Waals surface area contributed by atoms with Crippen molar-refractivity contribution >= 4 is 17.2 Å². The number of hydrogen-bond acceptors (Lipinski definition) is 4. The number of amides is 1. The minimum Gasteiger partial charge on any atom is -0.340 e. The van der Waals surface area contributed by atoms with Gasteiger partial charge in [0.25, 0.3) is 0 Å². The molecule has 0 bridgehead atoms. The standard InChI is InChI=1S/C14H23N3OS/c15-6-2-1-5-14(18)17-9-7-16(8-10-17)12-13-4-3-11-19-13/h3-4,11H,1-2,5-10,12,15H2. The lowest BCUT2D eigenvalue weighted by atomic mass is 10.2. The first kappa shape index (κ1) is 14.5. The van der Waals surface area contributed by atoms with Gasteiger partial charge in [-0.1, -0.05) is 6.07 Å². The zero-order chi connectivity index (χ0) is 13.5. The van der Waals surface area contributed by atoms with Crippen LogP contribution in [0.1, 0.15) is 24.1 Å². The minimum atomic E-state index is 0.296. The normalized spacial score (nSPS) is 16.8. The molecule has 2 rings (SSSR count). The summed E-state index contributed by atoms with van der Waals surface area (Å²) in [5, 5.41) is 2.12. The van der Waals surface area contributed by atoms with Gasteiger partial charge in [0.05, 0.1) is 0 Å². The molecule has 2 N–H and O–H groups in total. The SMILES string of the molecule is NCCCCC(=O)N1CCN(Cc2cccs2)CC1. The van der Waals surface area contributed by atoms with E-state index in [1.807, 2.05) is 4.90 Å². The Morgan fingerprint density at radius 1 is 1.26 bits per heavy atom. The third kappa shape index (κ3) is 4.60. The molecule has 4 nitrogen and oxygen atoms in total. The quantitative estimate of drug-likeness (QED) is 0.804. The second-order valence-electron chi connectivity index (χ2n) is 4.98. The van der Waals surface area contributed by atoms with Crippen LogP contribution in [-0.4, -0.2) is 48.4 Å². The first-order valence-corrected chi connectivity index (χ1v) is 7.90. The summed E-state index contributed by atoms with van der Waals surface area (Å²) in [6, 6.07) is 4.27. The molecule has 106 valence electrons. The van der Waals surface area contributed by atoms with Crippen molar-refractivity contribution in [3.05, 3.63) is 22.4 Å². The van der Waals surface area contributed by atoms with Crippen LogP contribution in [0, 0.1) is 0 Å². The van der Waals surface area contributed by atoms with Crippen molar-refractivity contribution in [3.8, 4) is 0 Å². The maximum atomic E-state index is 12.0. The van der Waals surface area contributed by atoms with Crippen molar-refractivity contribution < 1.29 is 4.79 Å². The molecule has 19 heavy (non-hydrogen) atoms. The zero-order valence-corrected chi connectivity index (χ0v) is 12.2. The summed E-state index contributed by atoms with van der Waals surface area (Å²) in [6.07, 6.45) is 2.52. The van der Waals surface area contributed by atoms with Crippen LogP contribution >= 0.6 is 11.3 Å². The van der Waals surface area contributed by atoms with E-state index >= 15 is 0 Å². The molecule has 1 aliphatic heterocycles. The Labute approximate surface area is 119 Å².